The number of aryl methyl sites for hydroxylation is 2. The van der Waals surface area contributed by atoms with Crippen LogP contribution in [0.15, 0.2) is 90.7 Å². The van der Waals surface area contributed by atoms with Crippen LogP contribution in [0.25, 0.3) is 22.6 Å². The molecule has 5 nitrogen and oxygen atoms in total. The summed E-state index contributed by atoms with van der Waals surface area (Å²) < 4.78 is 14.3. The number of rotatable bonds is 15. The molecule has 0 N–H and O–H groups in total. The molecule has 0 fully saturated rings. The summed E-state index contributed by atoms with van der Waals surface area (Å²) in [4.78, 5) is 7.99. The molecule has 0 amide bonds. The summed E-state index contributed by atoms with van der Waals surface area (Å²) in [5, 5.41) is 0. The molecule has 0 saturated heterocycles. The van der Waals surface area contributed by atoms with E-state index >= 15 is 0 Å². The topological polar surface area (TPSA) is 39.5 Å². The van der Waals surface area contributed by atoms with E-state index in [-0.39, 0.29) is 0 Å². The molecule has 2 heterocycles. The molecule has 0 bridgehead atoms. The molecule has 0 unspecified atom stereocenters. The first kappa shape index (κ1) is 32.3. The van der Waals surface area contributed by atoms with Gasteiger partial charge in [0.15, 0.2) is 0 Å². The van der Waals surface area contributed by atoms with E-state index in [0.29, 0.717) is 6.61 Å². The minimum atomic E-state index is 0.660. The number of hydrogen-bond donors (Lipinski definition) is 0. The van der Waals surface area contributed by atoms with Gasteiger partial charge in [0.05, 0.1) is 24.6 Å². The van der Waals surface area contributed by atoms with Crippen LogP contribution in [-0.4, -0.2) is 34.2 Å². The zero-order valence-corrected chi connectivity index (χ0v) is 27.8. The Kier molecular flexibility index (Phi) is 11.3. The second-order valence-corrected chi connectivity index (χ2v) is 12.1. The molecule has 4 aromatic rings. The molecule has 0 spiro atoms. The van der Waals surface area contributed by atoms with E-state index in [1.807, 2.05) is 19.9 Å². The number of imidazole rings is 1. The van der Waals surface area contributed by atoms with Crippen LogP contribution in [0.5, 0.6) is 5.75 Å². The van der Waals surface area contributed by atoms with Crippen molar-refractivity contribution >= 4 is 0 Å². The van der Waals surface area contributed by atoms with Crippen molar-refractivity contribution in [3.05, 3.63) is 119 Å². The van der Waals surface area contributed by atoms with E-state index in [2.05, 4.69) is 109 Å². The maximum Gasteiger partial charge on any atom is 0.140 e. The van der Waals surface area contributed by atoms with E-state index in [4.69, 9.17) is 14.5 Å². The molecule has 0 saturated carbocycles. The third-order valence-electron chi connectivity index (χ3n) is 8.31. The second-order valence-electron chi connectivity index (χ2n) is 12.1. The van der Waals surface area contributed by atoms with Gasteiger partial charge in [0.1, 0.15) is 17.3 Å². The molecule has 5 heteroatoms. The summed E-state index contributed by atoms with van der Waals surface area (Å²) in [6.45, 7) is 15.6. The third kappa shape index (κ3) is 8.34. The number of unbranched alkanes of at least 4 members (excludes halogenated alkanes) is 1. The highest BCUT2D eigenvalue weighted by Gasteiger charge is 2.23. The van der Waals surface area contributed by atoms with Crippen LogP contribution in [0.3, 0.4) is 0 Å². The number of nitrogens with zero attached hydrogens (tertiary/aromatic N) is 3. The maximum atomic E-state index is 5.95. The Morgan fingerprint density at radius 3 is 2.51 bits per heavy atom. The van der Waals surface area contributed by atoms with Gasteiger partial charge in [-0.05, 0) is 82.0 Å². The highest BCUT2D eigenvalue weighted by Crippen LogP contribution is 2.33. The predicted octanol–water partition coefficient (Wildman–Crippen LogP) is 9.46. The largest absolute Gasteiger partial charge is 0.494 e. The lowest BCUT2D eigenvalue weighted by molar-refractivity contribution is 0.235. The second kappa shape index (κ2) is 15.8. The van der Waals surface area contributed by atoms with E-state index < -0.39 is 0 Å². The molecule has 1 aliphatic rings. The highest BCUT2D eigenvalue weighted by molar-refractivity contribution is 5.69. The Morgan fingerprint density at radius 2 is 1.78 bits per heavy atom. The lowest BCUT2D eigenvalue weighted by atomic mass is 10.0. The normalized spacial score (nSPS) is 13.1. The zero-order valence-electron chi connectivity index (χ0n) is 27.8. The fourth-order valence-electron chi connectivity index (χ4n) is 6.24. The molecular weight excluding hydrogens is 554 g/mol. The highest BCUT2D eigenvalue weighted by atomic mass is 16.5. The van der Waals surface area contributed by atoms with Crippen molar-refractivity contribution in [3.8, 4) is 28.4 Å². The van der Waals surface area contributed by atoms with Gasteiger partial charge in [0.2, 0.25) is 0 Å². The predicted molar refractivity (Wildman–Crippen MR) is 186 cm³/mol. The lowest BCUT2D eigenvalue weighted by Crippen LogP contribution is -2.26. The SMILES string of the molecule is C/C=C\C(=C/CCN(Cc1ccc2c(c1)OCC2)Cc1c(-c2cc(C)cc(C)c2)nc(-c2ccccc2)n1CCCC)OCC. The minimum absolute atomic E-state index is 0.660. The van der Waals surface area contributed by atoms with Crippen molar-refractivity contribution in [2.24, 2.45) is 0 Å². The molecule has 0 radical (unpaired) electrons. The van der Waals surface area contributed by atoms with E-state index in [1.54, 1.807) is 0 Å². The van der Waals surface area contributed by atoms with Crippen molar-refractivity contribution in [1.82, 2.24) is 14.5 Å². The van der Waals surface area contributed by atoms with Gasteiger partial charge < -0.3 is 14.0 Å². The summed E-state index contributed by atoms with van der Waals surface area (Å²) in [5.41, 5.74) is 9.79. The first-order valence-corrected chi connectivity index (χ1v) is 16.6. The van der Waals surface area contributed by atoms with Gasteiger partial charge in [-0.3, -0.25) is 4.90 Å². The van der Waals surface area contributed by atoms with Crippen molar-refractivity contribution in [2.75, 3.05) is 19.8 Å². The molecule has 3 aromatic carbocycles. The van der Waals surface area contributed by atoms with Crippen LogP contribution in [0, 0.1) is 13.8 Å². The Labute approximate surface area is 270 Å². The van der Waals surface area contributed by atoms with Gasteiger partial charge in [0, 0.05) is 43.7 Å². The Morgan fingerprint density at radius 1 is 0.978 bits per heavy atom. The van der Waals surface area contributed by atoms with Gasteiger partial charge >= 0.3 is 0 Å². The monoisotopic (exact) mass is 603 g/mol. The van der Waals surface area contributed by atoms with Crippen LogP contribution in [0.4, 0.5) is 0 Å². The Hall–Kier alpha value is -4.09. The molecule has 0 aliphatic carbocycles. The Bertz CT molecular complexity index is 1600. The maximum absolute atomic E-state index is 5.95. The number of benzene rings is 3. The smallest absolute Gasteiger partial charge is 0.140 e. The molecule has 45 heavy (non-hydrogen) atoms. The van der Waals surface area contributed by atoms with Crippen molar-refractivity contribution in [1.29, 1.82) is 0 Å². The van der Waals surface area contributed by atoms with Crippen LogP contribution in [-0.2, 0) is 30.8 Å². The van der Waals surface area contributed by atoms with Crippen molar-refractivity contribution in [2.45, 2.75) is 79.9 Å². The van der Waals surface area contributed by atoms with Crippen LogP contribution in [0.1, 0.15) is 68.0 Å². The lowest BCUT2D eigenvalue weighted by Gasteiger charge is -2.24. The molecule has 236 valence electrons. The zero-order chi connectivity index (χ0) is 31.6. The van der Waals surface area contributed by atoms with E-state index in [0.717, 1.165) is 87.1 Å². The number of aromatic nitrogens is 2. The van der Waals surface area contributed by atoms with Gasteiger partial charge in [0.25, 0.3) is 0 Å². The number of fused-ring (bicyclic) bond motifs is 1. The molecule has 0 atom stereocenters. The summed E-state index contributed by atoms with van der Waals surface area (Å²) >= 11 is 0. The fourth-order valence-corrected chi connectivity index (χ4v) is 6.24. The molecule has 1 aromatic heterocycles. The van der Waals surface area contributed by atoms with E-state index in [1.165, 1.54) is 33.5 Å². The fraction of sp³-hybridized carbons (Fsp3) is 0.375. The van der Waals surface area contributed by atoms with Gasteiger partial charge in [-0.25, -0.2) is 4.98 Å². The van der Waals surface area contributed by atoms with Crippen LogP contribution >= 0.6 is 0 Å². The minimum Gasteiger partial charge on any atom is -0.494 e. The standard InChI is InChI=1S/C40H49N3O2/c1-6-9-22-43-37(39(35-25-30(4)24-31(5)26-35)41-40(43)34-15-11-10-12-16-34)29-42(21-13-17-36(14-7-2)44-8-3)28-32-18-19-33-20-23-45-38(33)27-32/h7,10-12,14-19,24-27H,6,8-9,13,20-23,28-29H2,1-5H3/b14-7-,36-17+. The number of ether oxygens (including phenoxy) is 2. The summed E-state index contributed by atoms with van der Waals surface area (Å²) in [6.07, 6.45) is 10.4. The summed E-state index contributed by atoms with van der Waals surface area (Å²) in [6, 6.07) is 24.2. The van der Waals surface area contributed by atoms with Crippen LogP contribution < -0.4 is 4.74 Å². The molecule has 1 aliphatic heterocycles. The van der Waals surface area contributed by atoms with Crippen LogP contribution in [0.2, 0.25) is 0 Å². The average Bonchev–Trinajstić information content (AvgIpc) is 3.64. The van der Waals surface area contributed by atoms with Crippen molar-refractivity contribution in [3.63, 3.8) is 0 Å². The van der Waals surface area contributed by atoms with E-state index in [9.17, 15) is 0 Å². The average molecular weight is 604 g/mol. The molecular formula is C40H49N3O2. The number of allylic oxidation sites excluding steroid dienone is 2. The quantitative estimate of drug-likeness (QED) is 0.100. The van der Waals surface area contributed by atoms with Crippen molar-refractivity contribution < 1.29 is 9.47 Å². The first-order valence-electron chi connectivity index (χ1n) is 16.6. The molecule has 5 rings (SSSR count). The van der Waals surface area contributed by atoms with Gasteiger partial charge in [-0.1, -0.05) is 79.1 Å². The summed E-state index contributed by atoms with van der Waals surface area (Å²) in [7, 11) is 0. The first-order chi connectivity index (χ1) is 22.0. The number of hydrogen-bond acceptors (Lipinski definition) is 4. The summed E-state index contributed by atoms with van der Waals surface area (Å²) in [5.74, 6) is 3.01. The Balaban J connectivity index is 1.58. The van der Waals surface area contributed by atoms with Gasteiger partial charge in [-0.15, -0.1) is 0 Å². The van der Waals surface area contributed by atoms with Gasteiger partial charge in [-0.2, -0.15) is 0 Å². The third-order valence-corrected chi connectivity index (χ3v) is 8.31.